The van der Waals surface area contributed by atoms with E-state index in [0.29, 0.717) is 5.69 Å². The number of hydrogen-bond donors (Lipinski definition) is 0. The molecule has 0 radical (unpaired) electrons. The van der Waals surface area contributed by atoms with Gasteiger partial charge < -0.3 is 4.90 Å². The van der Waals surface area contributed by atoms with Crippen LogP contribution in [0.25, 0.3) is 37.6 Å². The van der Waals surface area contributed by atoms with E-state index in [0.717, 1.165) is 11.1 Å². The highest BCUT2D eigenvalue weighted by atomic mass is 15.1. The van der Waals surface area contributed by atoms with Crippen LogP contribution in [0.3, 0.4) is 0 Å². The SMILES string of the molecule is [C-]#[N+]c1cc2c3c([n+](C)ccc3c1)-c1c(c(C)c3ccccc3c1C)N2C. The minimum Gasteiger partial charge on any atom is -0.344 e. The molecule has 0 fully saturated rings. The van der Waals surface area contributed by atoms with Crippen molar-refractivity contribution in [2.75, 3.05) is 11.9 Å². The Morgan fingerprint density at radius 2 is 1.70 bits per heavy atom. The standard InChI is InChI=1S/C24H20N3/c1-14-18-8-6-7-9-19(18)15(2)23-21(14)24-22-16(10-11-26(24)4)12-17(25-3)13-20(22)27(23)5/h6-13H,1-2,4-5H3/q+1. The van der Waals surface area contributed by atoms with Crippen LogP contribution in [0.1, 0.15) is 11.1 Å². The minimum atomic E-state index is 0.683. The number of benzene rings is 3. The third-order valence-corrected chi connectivity index (χ3v) is 5.96. The van der Waals surface area contributed by atoms with Crippen LogP contribution in [0.5, 0.6) is 0 Å². The summed E-state index contributed by atoms with van der Waals surface area (Å²) in [7, 11) is 4.23. The van der Waals surface area contributed by atoms with E-state index in [9.17, 15) is 0 Å². The normalized spacial score (nSPS) is 12.3. The van der Waals surface area contributed by atoms with Crippen molar-refractivity contribution in [2.24, 2.45) is 7.05 Å². The minimum absolute atomic E-state index is 0.683. The highest BCUT2D eigenvalue weighted by Crippen LogP contribution is 2.51. The lowest BCUT2D eigenvalue weighted by atomic mass is 9.86. The van der Waals surface area contributed by atoms with E-state index in [1.807, 2.05) is 12.1 Å². The molecule has 3 heteroatoms. The molecule has 27 heavy (non-hydrogen) atoms. The van der Waals surface area contributed by atoms with Crippen molar-refractivity contribution in [1.82, 2.24) is 0 Å². The van der Waals surface area contributed by atoms with Gasteiger partial charge in [0.2, 0.25) is 5.69 Å². The number of fused-ring (bicyclic) bond motifs is 3. The van der Waals surface area contributed by atoms with Gasteiger partial charge >= 0.3 is 0 Å². The van der Waals surface area contributed by atoms with E-state index in [2.05, 4.69) is 78.8 Å². The molecule has 0 saturated heterocycles. The Labute approximate surface area is 158 Å². The molecule has 0 saturated carbocycles. The Morgan fingerprint density at radius 1 is 1.00 bits per heavy atom. The molecule has 0 unspecified atom stereocenters. The Balaban J connectivity index is 2.07. The highest BCUT2D eigenvalue weighted by molar-refractivity contribution is 6.14. The number of aromatic nitrogens is 1. The predicted octanol–water partition coefficient (Wildman–Crippen LogP) is 5.73. The van der Waals surface area contributed by atoms with E-state index < -0.39 is 0 Å². The number of hydrogen-bond acceptors (Lipinski definition) is 1. The lowest BCUT2D eigenvalue weighted by Gasteiger charge is -2.32. The summed E-state index contributed by atoms with van der Waals surface area (Å²) in [6, 6.07) is 14.8. The number of nitrogens with zero attached hydrogens (tertiary/aromatic N) is 3. The van der Waals surface area contributed by atoms with Gasteiger partial charge in [-0.1, -0.05) is 24.3 Å². The summed E-state index contributed by atoms with van der Waals surface area (Å²) < 4.78 is 2.22. The molecule has 3 aromatic carbocycles. The van der Waals surface area contributed by atoms with Gasteiger partial charge in [-0.2, -0.15) is 0 Å². The molecule has 1 aromatic heterocycles. The fourth-order valence-corrected chi connectivity index (χ4v) is 4.69. The van der Waals surface area contributed by atoms with Gasteiger partial charge in [0.15, 0.2) is 11.9 Å². The fourth-order valence-electron chi connectivity index (χ4n) is 4.69. The number of aryl methyl sites for hydroxylation is 3. The summed E-state index contributed by atoms with van der Waals surface area (Å²) in [4.78, 5) is 5.97. The van der Waals surface area contributed by atoms with Gasteiger partial charge in [-0.3, -0.25) is 0 Å². The summed E-state index contributed by atoms with van der Waals surface area (Å²) in [5, 5.41) is 4.94. The fraction of sp³-hybridized carbons (Fsp3) is 0.167. The van der Waals surface area contributed by atoms with Gasteiger partial charge in [-0.15, -0.1) is 0 Å². The molecule has 0 aliphatic carbocycles. The lowest BCUT2D eigenvalue weighted by Crippen LogP contribution is -2.33. The average Bonchev–Trinajstić information content (AvgIpc) is 2.69. The highest BCUT2D eigenvalue weighted by Gasteiger charge is 2.32. The molecule has 0 atom stereocenters. The van der Waals surface area contributed by atoms with E-state index in [1.54, 1.807) is 0 Å². The van der Waals surface area contributed by atoms with Crippen LogP contribution in [-0.4, -0.2) is 7.05 Å². The molecule has 4 aromatic rings. The zero-order chi connectivity index (χ0) is 18.9. The monoisotopic (exact) mass is 350 g/mol. The van der Waals surface area contributed by atoms with Gasteiger partial charge in [-0.25, -0.2) is 9.41 Å². The Morgan fingerprint density at radius 3 is 2.41 bits per heavy atom. The van der Waals surface area contributed by atoms with Gasteiger partial charge in [0.25, 0.3) is 0 Å². The van der Waals surface area contributed by atoms with Crippen LogP contribution in [0.15, 0.2) is 48.7 Å². The molecular formula is C24H20N3+. The zero-order valence-electron chi connectivity index (χ0n) is 16.0. The summed E-state index contributed by atoms with van der Waals surface area (Å²) in [5.74, 6) is 0. The van der Waals surface area contributed by atoms with Crippen LogP contribution in [0.4, 0.5) is 17.1 Å². The first kappa shape index (κ1) is 15.8. The molecule has 1 aliphatic heterocycles. The van der Waals surface area contributed by atoms with Crippen LogP contribution in [-0.2, 0) is 7.05 Å². The van der Waals surface area contributed by atoms with Crippen molar-refractivity contribution in [3.63, 3.8) is 0 Å². The summed E-state index contributed by atoms with van der Waals surface area (Å²) in [5.41, 5.74) is 8.15. The van der Waals surface area contributed by atoms with Crippen molar-refractivity contribution in [2.45, 2.75) is 13.8 Å². The second-order valence-electron chi connectivity index (χ2n) is 7.39. The molecule has 1 aliphatic rings. The molecule has 3 nitrogen and oxygen atoms in total. The van der Waals surface area contributed by atoms with E-state index in [-0.39, 0.29) is 0 Å². The Kier molecular flexibility index (Phi) is 3.12. The molecule has 0 amide bonds. The zero-order valence-corrected chi connectivity index (χ0v) is 16.0. The van der Waals surface area contributed by atoms with E-state index in [1.165, 1.54) is 44.2 Å². The van der Waals surface area contributed by atoms with Crippen molar-refractivity contribution in [1.29, 1.82) is 0 Å². The van der Waals surface area contributed by atoms with E-state index in [4.69, 9.17) is 6.57 Å². The Hall–Kier alpha value is -3.38. The lowest BCUT2D eigenvalue weighted by molar-refractivity contribution is -0.659. The van der Waals surface area contributed by atoms with Crippen LogP contribution in [0, 0.1) is 20.4 Å². The van der Waals surface area contributed by atoms with Crippen molar-refractivity contribution < 1.29 is 4.57 Å². The average molecular weight is 350 g/mol. The number of pyridine rings is 1. The second kappa shape index (κ2) is 5.31. The first-order chi connectivity index (χ1) is 13.0. The molecule has 0 spiro atoms. The van der Waals surface area contributed by atoms with Gasteiger partial charge in [-0.05, 0) is 53.3 Å². The van der Waals surface area contributed by atoms with Crippen LogP contribution in [0.2, 0.25) is 0 Å². The van der Waals surface area contributed by atoms with Gasteiger partial charge in [0.05, 0.1) is 23.2 Å². The molecular weight excluding hydrogens is 330 g/mol. The Bertz CT molecular complexity index is 1330. The molecule has 5 rings (SSSR count). The molecule has 2 heterocycles. The summed E-state index contributed by atoms with van der Waals surface area (Å²) in [6.07, 6.45) is 2.11. The topological polar surface area (TPSA) is 11.5 Å². The van der Waals surface area contributed by atoms with Crippen LogP contribution < -0.4 is 9.47 Å². The first-order valence-corrected chi connectivity index (χ1v) is 9.12. The third kappa shape index (κ3) is 1.93. The summed E-state index contributed by atoms with van der Waals surface area (Å²) in [6.45, 7) is 11.9. The number of rotatable bonds is 0. The van der Waals surface area contributed by atoms with Gasteiger partial charge in [0.1, 0.15) is 7.05 Å². The summed E-state index contributed by atoms with van der Waals surface area (Å²) >= 11 is 0. The maximum absolute atomic E-state index is 7.50. The molecule has 0 N–H and O–H groups in total. The predicted molar refractivity (Wildman–Crippen MR) is 112 cm³/mol. The van der Waals surface area contributed by atoms with Crippen molar-refractivity contribution in [3.05, 3.63) is 71.2 Å². The quantitative estimate of drug-likeness (QED) is 0.291. The largest absolute Gasteiger partial charge is 0.344 e. The maximum Gasteiger partial charge on any atom is 0.224 e. The third-order valence-electron chi connectivity index (χ3n) is 5.96. The number of anilines is 2. The van der Waals surface area contributed by atoms with Crippen molar-refractivity contribution >= 4 is 38.6 Å². The smallest absolute Gasteiger partial charge is 0.224 e. The molecule has 0 bridgehead atoms. The van der Waals surface area contributed by atoms with Gasteiger partial charge in [0, 0.05) is 18.8 Å². The van der Waals surface area contributed by atoms with Crippen molar-refractivity contribution in [3.8, 4) is 11.3 Å². The van der Waals surface area contributed by atoms with E-state index >= 15 is 0 Å². The first-order valence-electron chi connectivity index (χ1n) is 9.12. The maximum atomic E-state index is 7.50. The second-order valence-corrected chi connectivity index (χ2v) is 7.39. The van der Waals surface area contributed by atoms with Crippen LogP contribution >= 0.6 is 0 Å². The molecule has 130 valence electrons.